The molecular weight excluding hydrogens is 279 g/mol. The van der Waals surface area contributed by atoms with E-state index in [9.17, 15) is 0 Å². The van der Waals surface area contributed by atoms with Crippen LogP contribution < -0.4 is 3.78 Å². The molecule has 0 aromatic carbocycles. The minimum atomic E-state index is 0.107. The number of thiophene rings is 1. The first-order valence-electron chi connectivity index (χ1n) is 5.76. The second-order valence-corrected chi connectivity index (χ2v) is 8.64. The summed E-state index contributed by atoms with van der Waals surface area (Å²) in [5.41, 5.74) is 1.38. The first kappa shape index (κ1) is 13.8. The summed E-state index contributed by atoms with van der Waals surface area (Å²) in [6.45, 7) is 8.74. The van der Waals surface area contributed by atoms with E-state index >= 15 is 0 Å². The summed E-state index contributed by atoms with van der Waals surface area (Å²) in [5.74, 6) is 6.66. The van der Waals surface area contributed by atoms with Gasteiger partial charge in [-0.3, -0.25) is 0 Å². The Kier molecular flexibility index (Phi) is 5.62. The van der Waals surface area contributed by atoms with E-state index in [0.717, 1.165) is 0 Å². The van der Waals surface area contributed by atoms with Gasteiger partial charge >= 0.3 is 110 Å². The fourth-order valence-corrected chi connectivity index (χ4v) is 4.79. The van der Waals surface area contributed by atoms with Crippen LogP contribution in [0.2, 0.25) is 5.32 Å². The van der Waals surface area contributed by atoms with Crippen LogP contribution in [0.4, 0.5) is 0 Å². The molecule has 0 fully saturated rings. The van der Waals surface area contributed by atoms with Crippen LogP contribution in [0.5, 0.6) is 0 Å². The van der Waals surface area contributed by atoms with E-state index < -0.39 is 0 Å². The first-order chi connectivity index (χ1) is 7.53. The summed E-state index contributed by atoms with van der Waals surface area (Å²) < 4.78 is 1.53. The molecular formula is C14H20SSe. The molecule has 0 bridgehead atoms. The van der Waals surface area contributed by atoms with Gasteiger partial charge in [-0.05, 0) is 0 Å². The van der Waals surface area contributed by atoms with Gasteiger partial charge in [0.25, 0.3) is 0 Å². The van der Waals surface area contributed by atoms with Crippen LogP contribution in [0.1, 0.15) is 46.1 Å². The van der Waals surface area contributed by atoms with Crippen molar-refractivity contribution in [3.8, 4) is 11.8 Å². The van der Waals surface area contributed by atoms with E-state index in [1.54, 1.807) is 0 Å². The SMILES string of the molecule is CCCC[Se]c1sccc1C#CC(C)(C)C. The van der Waals surface area contributed by atoms with Gasteiger partial charge in [0.2, 0.25) is 0 Å². The van der Waals surface area contributed by atoms with Crippen LogP contribution in [0.3, 0.4) is 0 Å². The third-order valence-corrected chi connectivity index (χ3v) is 5.90. The zero-order chi connectivity index (χ0) is 12.0. The van der Waals surface area contributed by atoms with Gasteiger partial charge in [0.15, 0.2) is 0 Å². The second-order valence-electron chi connectivity index (χ2n) is 4.82. The molecule has 0 aliphatic heterocycles. The van der Waals surface area contributed by atoms with E-state index in [0.29, 0.717) is 15.0 Å². The van der Waals surface area contributed by atoms with E-state index in [4.69, 9.17) is 0 Å². The van der Waals surface area contributed by atoms with E-state index in [-0.39, 0.29) is 5.41 Å². The molecule has 0 unspecified atom stereocenters. The summed E-state index contributed by atoms with van der Waals surface area (Å²) in [6.07, 6.45) is 2.65. The average molecular weight is 299 g/mol. The molecule has 2 heteroatoms. The van der Waals surface area contributed by atoms with Crippen molar-refractivity contribution in [2.45, 2.75) is 45.9 Å². The maximum atomic E-state index is 3.34. The van der Waals surface area contributed by atoms with Crippen LogP contribution in [0, 0.1) is 17.3 Å². The zero-order valence-corrected chi connectivity index (χ0v) is 13.1. The molecule has 88 valence electrons. The predicted octanol–water partition coefficient (Wildman–Crippen LogP) is 3.69. The van der Waals surface area contributed by atoms with Gasteiger partial charge < -0.3 is 0 Å². The first-order valence-corrected chi connectivity index (χ1v) is 8.71. The molecule has 0 amide bonds. The molecule has 0 N–H and O–H groups in total. The Morgan fingerprint density at radius 1 is 1.38 bits per heavy atom. The van der Waals surface area contributed by atoms with Gasteiger partial charge in [0, 0.05) is 0 Å². The second kappa shape index (κ2) is 6.50. The Morgan fingerprint density at radius 2 is 2.12 bits per heavy atom. The molecule has 0 spiro atoms. The molecule has 1 aromatic heterocycles. The van der Waals surface area contributed by atoms with Gasteiger partial charge in [0.1, 0.15) is 0 Å². The fourth-order valence-electron chi connectivity index (χ4n) is 1.06. The van der Waals surface area contributed by atoms with Gasteiger partial charge in [-0.25, -0.2) is 0 Å². The van der Waals surface area contributed by atoms with Crippen molar-refractivity contribution in [2.75, 3.05) is 0 Å². The van der Waals surface area contributed by atoms with E-state index in [1.165, 1.54) is 27.5 Å². The quantitative estimate of drug-likeness (QED) is 0.452. The summed E-state index contributed by atoms with van der Waals surface area (Å²) >= 11 is 2.51. The molecule has 0 saturated heterocycles. The predicted molar refractivity (Wildman–Crippen MR) is 75.8 cm³/mol. The van der Waals surface area contributed by atoms with Crippen molar-refractivity contribution >= 4 is 30.1 Å². The molecule has 0 saturated carbocycles. The number of hydrogen-bond acceptors (Lipinski definition) is 1. The monoisotopic (exact) mass is 300 g/mol. The normalized spacial score (nSPS) is 11.0. The van der Waals surface area contributed by atoms with Crippen molar-refractivity contribution in [2.24, 2.45) is 5.41 Å². The average Bonchev–Trinajstić information content (AvgIpc) is 2.62. The number of rotatable bonds is 4. The van der Waals surface area contributed by atoms with Gasteiger partial charge in [-0.15, -0.1) is 0 Å². The Morgan fingerprint density at radius 3 is 2.75 bits per heavy atom. The van der Waals surface area contributed by atoms with Crippen LogP contribution in [-0.4, -0.2) is 15.0 Å². The fraction of sp³-hybridized carbons (Fsp3) is 0.571. The Bertz CT molecular complexity index is 373. The summed E-state index contributed by atoms with van der Waals surface area (Å²) in [7, 11) is 0. The van der Waals surface area contributed by atoms with Gasteiger partial charge in [0.05, 0.1) is 0 Å². The number of unbranched alkanes of at least 4 members (excludes halogenated alkanes) is 1. The third kappa shape index (κ3) is 5.21. The van der Waals surface area contributed by atoms with Crippen LogP contribution in [0.25, 0.3) is 0 Å². The number of hydrogen-bond donors (Lipinski definition) is 0. The van der Waals surface area contributed by atoms with Crippen molar-refractivity contribution in [1.29, 1.82) is 0 Å². The van der Waals surface area contributed by atoms with E-state index in [1.807, 2.05) is 11.3 Å². The Labute approximate surface area is 110 Å². The minimum absolute atomic E-state index is 0.107. The molecule has 1 heterocycles. The van der Waals surface area contributed by atoms with Crippen molar-refractivity contribution in [3.05, 3.63) is 17.0 Å². The summed E-state index contributed by atoms with van der Waals surface area (Å²) in [6, 6.07) is 2.17. The molecule has 0 atom stereocenters. The molecule has 16 heavy (non-hydrogen) atoms. The third-order valence-electron chi connectivity index (χ3n) is 1.93. The topological polar surface area (TPSA) is 0 Å². The van der Waals surface area contributed by atoms with Crippen LogP contribution >= 0.6 is 11.3 Å². The van der Waals surface area contributed by atoms with Crippen molar-refractivity contribution < 1.29 is 0 Å². The Hall–Kier alpha value is -0.221. The summed E-state index contributed by atoms with van der Waals surface area (Å²) in [4.78, 5) is 0. The molecule has 0 nitrogen and oxygen atoms in total. The molecule has 1 aromatic rings. The van der Waals surface area contributed by atoms with E-state index in [2.05, 4.69) is 51.0 Å². The van der Waals surface area contributed by atoms with Crippen molar-refractivity contribution in [3.63, 3.8) is 0 Å². The van der Waals surface area contributed by atoms with Crippen LogP contribution in [0.15, 0.2) is 11.4 Å². The van der Waals surface area contributed by atoms with Crippen molar-refractivity contribution in [1.82, 2.24) is 0 Å². The molecule has 1 rings (SSSR count). The maximum absolute atomic E-state index is 3.34. The van der Waals surface area contributed by atoms with Crippen LogP contribution in [-0.2, 0) is 0 Å². The molecule has 0 aliphatic carbocycles. The molecule has 0 aliphatic rings. The molecule has 0 radical (unpaired) electrons. The summed E-state index contributed by atoms with van der Waals surface area (Å²) in [5, 5.41) is 3.53. The Balaban J connectivity index is 2.66. The zero-order valence-electron chi connectivity index (χ0n) is 10.6. The van der Waals surface area contributed by atoms with Gasteiger partial charge in [-0.2, -0.15) is 0 Å². The standard InChI is InChI=1S/C14H20SSe/c1-5-6-11-16-13-12(8-10-15-13)7-9-14(2,3)4/h8,10H,5-6,11H2,1-4H3. The van der Waals surface area contributed by atoms with Gasteiger partial charge in [-0.1, -0.05) is 0 Å².